The standard InChI is InChI=1S/C42H76O4/c1-3-5-7-9-11-13-15-17-19-21-23-24-26-28-30-32-34-36-38-40(42(44)45)46-41(43)39-37-35-33-31-29-27-25-22-20-18-16-14-12-10-8-6-4-2/h6,8,12,14,18,20,40H,3-5,7,9-11,13,15-17,19,21-39H2,1-2H3,(H,44,45)/b8-6-,14-12-,20-18-. The fourth-order valence-electron chi connectivity index (χ4n) is 5.92. The average molecular weight is 645 g/mol. The van der Waals surface area contributed by atoms with Crippen molar-refractivity contribution < 1.29 is 19.4 Å². The number of aliphatic carboxylic acids is 1. The van der Waals surface area contributed by atoms with Gasteiger partial charge in [0.05, 0.1) is 0 Å². The lowest BCUT2D eigenvalue weighted by Crippen LogP contribution is -2.27. The molecule has 4 nitrogen and oxygen atoms in total. The lowest BCUT2D eigenvalue weighted by Gasteiger charge is -2.13. The highest BCUT2D eigenvalue weighted by Gasteiger charge is 2.21. The zero-order valence-electron chi connectivity index (χ0n) is 30.6. The van der Waals surface area contributed by atoms with E-state index in [0.717, 1.165) is 64.2 Å². The van der Waals surface area contributed by atoms with Crippen molar-refractivity contribution in [2.24, 2.45) is 0 Å². The number of carboxylic acids is 1. The zero-order chi connectivity index (χ0) is 33.6. The zero-order valence-corrected chi connectivity index (χ0v) is 30.6. The van der Waals surface area contributed by atoms with Crippen LogP contribution < -0.4 is 0 Å². The van der Waals surface area contributed by atoms with E-state index in [2.05, 4.69) is 50.3 Å². The van der Waals surface area contributed by atoms with Gasteiger partial charge in [-0.3, -0.25) is 4.79 Å². The minimum absolute atomic E-state index is 0.330. The van der Waals surface area contributed by atoms with Crippen LogP contribution >= 0.6 is 0 Å². The first kappa shape index (κ1) is 44.2. The number of hydrogen-bond donors (Lipinski definition) is 1. The first-order valence-corrected chi connectivity index (χ1v) is 20.0. The van der Waals surface area contributed by atoms with E-state index in [0.29, 0.717) is 12.8 Å². The molecule has 0 aromatic heterocycles. The van der Waals surface area contributed by atoms with Gasteiger partial charge in [0.1, 0.15) is 0 Å². The molecule has 0 bridgehead atoms. The number of carboxylic acid groups (broad SMARTS) is 1. The molecule has 0 rings (SSSR count). The first-order valence-electron chi connectivity index (χ1n) is 20.0. The third kappa shape index (κ3) is 35.0. The van der Waals surface area contributed by atoms with Crippen LogP contribution in [0.4, 0.5) is 0 Å². The molecule has 0 aliphatic carbocycles. The Bertz CT molecular complexity index is 738. The van der Waals surface area contributed by atoms with Crippen LogP contribution in [-0.4, -0.2) is 23.1 Å². The summed E-state index contributed by atoms with van der Waals surface area (Å²) in [6.45, 7) is 4.44. The van der Waals surface area contributed by atoms with E-state index < -0.39 is 12.1 Å². The second kappa shape index (κ2) is 37.6. The van der Waals surface area contributed by atoms with Crippen LogP contribution in [0.5, 0.6) is 0 Å². The van der Waals surface area contributed by atoms with E-state index in [4.69, 9.17) is 4.74 Å². The molecule has 1 unspecified atom stereocenters. The van der Waals surface area contributed by atoms with E-state index in [1.807, 2.05) is 0 Å². The maximum atomic E-state index is 12.2. The summed E-state index contributed by atoms with van der Waals surface area (Å²) in [5, 5.41) is 9.50. The minimum Gasteiger partial charge on any atom is -0.479 e. The van der Waals surface area contributed by atoms with Crippen molar-refractivity contribution in [3.05, 3.63) is 36.5 Å². The van der Waals surface area contributed by atoms with Gasteiger partial charge >= 0.3 is 11.9 Å². The third-order valence-corrected chi connectivity index (χ3v) is 8.90. The van der Waals surface area contributed by atoms with Crippen molar-refractivity contribution in [1.82, 2.24) is 0 Å². The lowest BCUT2D eigenvalue weighted by atomic mass is 10.0. The van der Waals surface area contributed by atoms with Gasteiger partial charge in [-0.15, -0.1) is 0 Å². The summed E-state index contributed by atoms with van der Waals surface area (Å²) in [6, 6.07) is 0. The van der Waals surface area contributed by atoms with E-state index in [1.54, 1.807) is 0 Å². The Morgan fingerprint density at radius 1 is 0.500 bits per heavy atom. The Kier molecular flexibility index (Phi) is 36.1. The van der Waals surface area contributed by atoms with Crippen LogP contribution in [-0.2, 0) is 14.3 Å². The van der Waals surface area contributed by atoms with Gasteiger partial charge in [0.25, 0.3) is 0 Å². The predicted octanol–water partition coefficient (Wildman–Crippen LogP) is 13.8. The van der Waals surface area contributed by atoms with Gasteiger partial charge in [0.15, 0.2) is 6.10 Å². The highest BCUT2D eigenvalue weighted by Crippen LogP contribution is 2.16. The van der Waals surface area contributed by atoms with Gasteiger partial charge in [-0.1, -0.05) is 192 Å². The van der Waals surface area contributed by atoms with E-state index in [-0.39, 0.29) is 5.97 Å². The van der Waals surface area contributed by atoms with Crippen molar-refractivity contribution in [3.63, 3.8) is 0 Å². The molecule has 1 N–H and O–H groups in total. The summed E-state index contributed by atoms with van der Waals surface area (Å²) in [7, 11) is 0. The molecule has 0 heterocycles. The lowest BCUT2D eigenvalue weighted by molar-refractivity contribution is -0.164. The normalized spacial score (nSPS) is 12.6. The molecule has 0 aliphatic heterocycles. The van der Waals surface area contributed by atoms with Crippen molar-refractivity contribution in [2.45, 2.75) is 219 Å². The van der Waals surface area contributed by atoms with Gasteiger partial charge in [-0.2, -0.15) is 0 Å². The highest BCUT2D eigenvalue weighted by molar-refractivity contribution is 5.77. The Morgan fingerprint density at radius 2 is 0.891 bits per heavy atom. The summed E-state index contributed by atoms with van der Waals surface area (Å²) in [6.07, 6.45) is 49.0. The third-order valence-electron chi connectivity index (χ3n) is 8.90. The van der Waals surface area contributed by atoms with Gasteiger partial charge in [0.2, 0.25) is 0 Å². The van der Waals surface area contributed by atoms with Crippen LogP contribution in [0.15, 0.2) is 36.5 Å². The second-order valence-corrected chi connectivity index (χ2v) is 13.4. The van der Waals surface area contributed by atoms with Crippen molar-refractivity contribution >= 4 is 11.9 Å². The average Bonchev–Trinajstić information content (AvgIpc) is 3.05. The molecule has 0 spiro atoms. The largest absolute Gasteiger partial charge is 0.479 e. The smallest absolute Gasteiger partial charge is 0.345 e. The summed E-state index contributed by atoms with van der Waals surface area (Å²) >= 11 is 0. The van der Waals surface area contributed by atoms with Crippen LogP contribution in [0.1, 0.15) is 213 Å². The summed E-state index contributed by atoms with van der Waals surface area (Å²) in [5.74, 6) is -1.36. The molecule has 0 radical (unpaired) electrons. The number of allylic oxidation sites excluding steroid dienone is 6. The molecular formula is C42H76O4. The van der Waals surface area contributed by atoms with Crippen molar-refractivity contribution in [3.8, 4) is 0 Å². The van der Waals surface area contributed by atoms with E-state index in [9.17, 15) is 14.7 Å². The predicted molar refractivity (Wildman–Crippen MR) is 199 cm³/mol. The number of carbonyl (C=O) groups is 2. The van der Waals surface area contributed by atoms with E-state index >= 15 is 0 Å². The maximum absolute atomic E-state index is 12.2. The Hall–Kier alpha value is -1.84. The summed E-state index contributed by atoms with van der Waals surface area (Å²) in [4.78, 5) is 23.8. The molecule has 0 saturated carbocycles. The minimum atomic E-state index is -1.01. The summed E-state index contributed by atoms with van der Waals surface area (Å²) < 4.78 is 5.32. The number of unbranched alkanes of at least 4 members (excludes halogenated alkanes) is 24. The first-order chi connectivity index (χ1) is 22.6. The van der Waals surface area contributed by atoms with Gasteiger partial charge in [-0.25, -0.2) is 4.79 Å². The monoisotopic (exact) mass is 645 g/mol. The molecule has 0 fully saturated rings. The Balaban J connectivity index is 3.55. The molecular weight excluding hydrogens is 568 g/mol. The number of esters is 1. The topological polar surface area (TPSA) is 63.6 Å². The van der Waals surface area contributed by atoms with Crippen LogP contribution in [0, 0.1) is 0 Å². The number of carbonyl (C=O) groups excluding carboxylic acids is 1. The van der Waals surface area contributed by atoms with Crippen LogP contribution in [0.2, 0.25) is 0 Å². The Labute approximate surface area is 286 Å². The van der Waals surface area contributed by atoms with Gasteiger partial charge in [-0.05, 0) is 51.4 Å². The molecule has 0 saturated heterocycles. The molecule has 0 aromatic rings. The molecule has 0 aliphatic rings. The van der Waals surface area contributed by atoms with Crippen molar-refractivity contribution in [1.29, 1.82) is 0 Å². The number of ether oxygens (including phenoxy) is 1. The number of hydrogen-bond acceptors (Lipinski definition) is 3. The molecule has 0 aromatic carbocycles. The SMILES string of the molecule is CC/C=C\C/C=C\C/C=C\CCCCCCCCCC(=O)OC(CCCCCCCCCCCCCCCCCCCC)C(=O)O. The summed E-state index contributed by atoms with van der Waals surface area (Å²) in [5.41, 5.74) is 0. The van der Waals surface area contributed by atoms with Gasteiger partial charge in [0, 0.05) is 6.42 Å². The van der Waals surface area contributed by atoms with E-state index in [1.165, 1.54) is 122 Å². The van der Waals surface area contributed by atoms with Crippen LogP contribution in [0.25, 0.3) is 0 Å². The highest BCUT2D eigenvalue weighted by atomic mass is 16.6. The molecule has 4 heteroatoms. The van der Waals surface area contributed by atoms with Gasteiger partial charge < -0.3 is 9.84 Å². The Morgan fingerprint density at radius 3 is 1.35 bits per heavy atom. The fourth-order valence-corrected chi connectivity index (χ4v) is 5.92. The van der Waals surface area contributed by atoms with Crippen LogP contribution in [0.3, 0.4) is 0 Å². The van der Waals surface area contributed by atoms with Crippen molar-refractivity contribution in [2.75, 3.05) is 0 Å². The molecule has 46 heavy (non-hydrogen) atoms. The quantitative estimate of drug-likeness (QED) is 0.0419. The maximum Gasteiger partial charge on any atom is 0.345 e. The second-order valence-electron chi connectivity index (χ2n) is 13.4. The molecule has 1 atom stereocenters. The molecule has 268 valence electrons. The molecule has 0 amide bonds. The number of rotatable bonds is 36. The fraction of sp³-hybridized carbons (Fsp3) is 0.810.